The van der Waals surface area contributed by atoms with Crippen molar-refractivity contribution >= 4 is 33.3 Å². The van der Waals surface area contributed by atoms with Crippen molar-refractivity contribution in [1.82, 2.24) is 14.5 Å². The van der Waals surface area contributed by atoms with Gasteiger partial charge in [0.1, 0.15) is 0 Å². The van der Waals surface area contributed by atoms with Crippen molar-refractivity contribution in [1.29, 1.82) is 0 Å². The van der Waals surface area contributed by atoms with Crippen molar-refractivity contribution < 1.29 is 8.42 Å². The van der Waals surface area contributed by atoms with Crippen molar-refractivity contribution in [3.05, 3.63) is 28.8 Å². The van der Waals surface area contributed by atoms with Gasteiger partial charge in [-0.25, -0.2) is 12.7 Å². The summed E-state index contributed by atoms with van der Waals surface area (Å²) in [5, 5.41) is 4.10. The van der Waals surface area contributed by atoms with Crippen molar-refractivity contribution in [3.63, 3.8) is 0 Å². The largest absolute Gasteiger partial charge is 0.368 e. The van der Waals surface area contributed by atoms with E-state index in [1.54, 1.807) is 4.31 Å². The van der Waals surface area contributed by atoms with Crippen molar-refractivity contribution in [2.24, 2.45) is 4.99 Å². The summed E-state index contributed by atoms with van der Waals surface area (Å²) >= 11 is 6.17. The highest BCUT2D eigenvalue weighted by molar-refractivity contribution is 7.89. The minimum Gasteiger partial charge on any atom is -0.368 e. The normalized spacial score (nSPS) is 20.6. The molecule has 7 nitrogen and oxygen atoms in total. The van der Waals surface area contributed by atoms with Crippen LogP contribution in [-0.4, -0.2) is 81.7 Å². The second-order valence-electron chi connectivity index (χ2n) is 7.21. The highest BCUT2D eigenvalue weighted by Gasteiger charge is 2.27. The van der Waals surface area contributed by atoms with Gasteiger partial charge in [-0.1, -0.05) is 17.7 Å². The van der Waals surface area contributed by atoms with E-state index in [1.807, 2.05) is 19.1 Å². The Bertz CT molecular complexity index is 807. The molecule has 2 saturated heterocycles. The van der Waals surface area contributed by atoms with Crippen LogP contribution in [-0.2, 0) is 10.0 Å². The fourth-order valence-electron chi connectivity index (χ4n) is 3.72. The fourth-order valence-corrected chi connectivity index (χ4v) is 5.40. The zero-order chi connectivity index (χ0) is 20.1. The predicted octanol–water partition coefficient (Wildman–Crippen LogP) is 1.77. The maximum atomic E-state index is 11.9. The van der Waals surface area contributed by atoms with Crippen LogP contribution in [0.3, 0.4) is 0 Å². The zero-order valence-corrected chi connectivity index (χ0v) is 18.3. The van der Waals surface area contributed by atoms with Gasteiger partial charge in [-0.05, 0) is 38.0 Å². The van der Waals surface area contributed by atoms with E-state index in [0.717, 1.165) is 50.1 Å². The Balaban J connectivity index is 1.58. The Morgan fingerprint density at radius 2 is 1.96 bits per heavy atom. The Morgan fingerprint density at radius 1 is 1.21 bits per heavy atom. The van der Waals surface area contributed by atoms with Gasteiger partial charge in [0, 0.05) is 56.5 Å². The Labute approximate surface area is 173 Å². The third-order valence-corrected chi connectivity index (χ3v) is 7.43. The number of sulfonamides is 1. The molecule has 0 aliphatic carbocycles. The number of guanidine groups is 1. The lowest BCUT2D eigenvalue weighted by Crippen LogP contribution is -2.52. The summed E-state index contributed by atoms with van der Waals surface area (Å²) in [5.41, 5.74) is 2.42. The van der Waals surface area contributed by atoms with E-state index in [0.29, 0.717) is 19.6 Å². The number of halogens is 1. The summed E-state index contributed by atoms with van der Waals surface area (Å²) in [5.74, 6) is 1.13. The molecule has 0 atom stereocenters. The monoisotopic (exact) mass is 427 g/mol. The molecule has 0 saturated carbocycles. The van der Waals surface area contributed by atoms with Gasteiger partial charge in [-0.2, -0.15) is 0 Å². The van der Waals surface area contributed by atoms with Gasteiger partial charge in [0.25, 0.3) is 0 Å². The first kappa shape index (κ1) is 21.2. The maximum Gasteiger partial charge on any atom is 0.214 e. The maximum absolute atomic E-state index is 11.9. The average molecular weight is 428 g/mol. The van der Waals surface area contributed by atoms with Crippen LogP contribution in [0.5, 0.6) is 0 Å². The van der Waals surface area contributed by atoms with Crippen LogP contribution in [0.4, 0.5) is 5.69 Å². The van der Waals surface area contributed by atoms with Gasteiger partial charge in [0.15, 0.2) is 5.96 Å². The first-order chi connectivity index (χ1) is 13.4. The number of nitrogens with one attached hydrogen (secondary N) is 1. The van der Waals surface area contributed by atoms with Crippen LogP contribution < -0.4 is 10.2 Å². The number of hydrogen-bond acceptors (Lipinski definition) is 4. The highest BCUT2D eigenvalue weighted by atomic mass is 35.5. The molecule has 2 heterocycles. The van der Waals surface area contributed by atoms with Crippen LogP contribution in [0.15, 0.2) is 23.2 Å². The van der Waals surface area contributed by atoms with Crippen molar-refractivity contribution in [2.75, 3.05) is 63.0 Å². The van der Waals surface area contributed by atoms with E-state index < -0.39 is 10.0 Å². The van der Waals surface area contributed by atoms with E-state index in [1.165, 1.54) is 11.3 Å². The second-order valence-corrected chi connectivity index (χ2v) is 9.73. The van der Waals surface area contributed by atoms with E-state index in [9.17, 15) is 8.42 Å². The Morgan fingerprint density at radius 3 is 2.61 bits per heavy atom. The van der Waals surface area contributed by atoms with E-state index in [4.69, 9.17) is 11.6 Å². The third-order valence-electron chi connectivity index (χ3n) is 5.24. The molecule has 9 heteroatoms. The van der Waals surface area contributed by atoms with Crippen molar-refractivity contribution in [2.45, 2.75) is 20.3 Å². The van der Waals surface area contributed by atoms with E-state index in [2.05, 4.69) is 33.1 Å². The molecule has 3 rings (SSSR count). The number of anilines is 1. The average Bonchev–Trinajstić information content (AvgIpc) is 3.01. The zero-order valence-electron chi connectivity index (χ0n) is 16.7. The number of piperazine rings is 1. The van der Waals surface area contributed by atoms with Crippen LogP contribution in [0.2, 0.25) is 5.02 Å². The third kappa shape index (κ3) is 5.10. The second kappa shape index (κ2) is 9.33. The van der Waals surface area contributed by atoms with Gasteiger partial charge in [0.2, 0.25) is 10.0 Å². The molecule has 2 aliphatic rings. The minimum absolute atomic E-state index is 0.266. The molecule has 0 amide bonds. The van der Waals surface area contributed by atoms with Crippen molar-refractivity contribution in [3.8, 4) is 0 Å². The standard InChI is InChI=1S/C19H30ClN5O2S/c1-3-21-19(22-7-9-25-8-4-14-28(25,26)27)24-12-10-23(11-13-24)18-15-17(20)6-5-16(18)2/h5-6,15H,3-4,7-14H2,1-2H3,(H,21,22). The smallest absolute Gasteiger partial charge is 0.214 e. The van der Waals surface area contributed by atoms with Crippen LogP contribution in [0.1, 0.15) is 18.9 Å². The molecule has 0 radical (unpaired) electrons. The summed E-state index contributed by atoms with van der Waals surface area (Å²) in [6, 6.07) is 6.01. The topological polar surface area (TPSA) is 68.2 Å². The van der Waals surface area contributed by atoms with Crippen LogP contribution >= 0.6 is 11.6 Å². The quantitative estimate of drug-likeness (QED) is 0.573. The van der Waals surface area contributed by atoms with Gasteiger partial charge in [-0.15, -0.1) is 0 Å². The number of rotatable bonds is 5. The summed E-state index contributed by atoms with van der Waals surface area (Å²) in [6.07, 6.45) is 0.719. The highest BCUT2D eigenvalue weighted by Crippen LogP contribution is 2.25. The molecular formula is C19H30ClN5O2S. The molecule has 0 unspecified atom stereocenters. The lowest BCUT2D eigenvalue weighted by atomic mass is 10.1. The predicted molar refractivity (Wildman–Crippen MR) is 116 cm³/mol. The molecule has 2 fully saturated rings. The number of aryl methyl sites for hydroxylation is 1. The van der Waals surface area contributed by atoms with Gasteiger partial charge in [-0.3, -0.25) is 4.99 Å². The lowest BCUT2D eigenvalue weighted by molar-refractivity contribution is 0.371. The van der Waals surface area contributed by atoms with Gasteiger partial charge >= 0.3 is 0 Å². The Hall–Kier alpha value is -1.51. The molecule has 0 spiro atoms. The summed E-state index contributed by atoms with van der Waals surface area (Å²) in [4.78, 5) is 9.29. The summed E-state index contributed by atoms with van der Waals surface area (Å²) in [6.45, 7) is 10.0. The SMILES string of the molecule is CCNC(=NCCN1CCCS1(=O)=O)N1CCN(c2cc(Cl)ccc2C)CC1. The molecule has 0 aromatic heterocycles. The molecule has 0 bridgehead atoms. The number of benzene rings is 1. The molecule has 2 aliphatic heterocycles. The molecule has 1 aromatic carbocycles. The first-order valence-corrected chi connectivity index (χ1v) is 11.9. The summed E-state index contributed by atoms with van der Waals surface area (Å²) < 4.78 is 25.4. The van der Waals surface area contributed by atoms with Crippen LogP contribution in [0, 0.1) is 6.92 Å². The van der Waals surface area contributed by atoms with Gasteiger partial charge in [0.05, 0.1) is 12.3 Å². The Kier molecular flexibility index (Phi) is 7.06. The summed E-state index contributed by atoms with van der Waals surface area (Å²) in [7, 11) is -3.06. The molecule has 1 N–H and O–H groups in total. The molecule has 28 heavy (non-hydrogen) atoms. The minimum atomic E-state index is -3.06. The molecule has 1 aromatic rings. The number of hydrogen-bond donors (Lipinski definition) is 1. The van der Waals surface area contributed by atoms with E-state index in [-0.39, 0.29) is 5.75 Å². The van der Waals surface area contributed by atoms with Gasteiger partial charge < -0.3 is 15.1 Å². The number of nitrogens with zero attached hydrogens (tertiary/aromatic N) is 4. The van der Waals surface area contributed by atoms with E-state index >= 15 is 0 Å². The molecule has 156 valence electrons. The van der Waals surface area contributed by atoms with Crippen LogP contribution in [0.25, 0.3) is 0 Å². The molecular weight excluding hydrogens is 398 g/mol. The first-order valence-electron chi connectivity index (χ1n) is 9.93. The fraction of sp³-hybridized carbons (Fsp3) is 0.632. The lowest BCUT2D eigenvalue weighted by Gasteiger charge is -2.38. The number of aliphatic imine (C=N–C) groups is 1.